The lowest BCUT2D eigenvalue weighted by molar-refractivity contribution is 0.795. The number of rotatable bonds is 2. The topological polar surface area (TPSA) is 30.7 Å². The summed E-state index contributed by atoms with van der Waals surface area (Å²) in [5, 5.41) is 9.22. The molecule has 0 aliphatic heterocycles. The van der Waals surface area contributed by atoms with Gasteiger partial charge in [0.1, 0.15) is 0 Å². The van der Waals surface area contributed by atoms with Crippen LogP contribution in [-0.4, -0.2) is 21.0 Å². The molecule has 5 heteroatoms. The molecule has 0 bridgehead atoms. The van der Waals surface area contributed by atoms with Crippen molar-refractivity contribution < 1.29 is 0 Å². The summed E-state index contributed by atoms with van der Waals surface area (Å²) in [6.07, 6.45) is 2.00. The molecule has 0 saturated heterocycles. The summed E-state index contributed by atoms with van der Waals surface area (Å²) >= 11 is 3.89. The van der Waals surface area contributed by atoms with E-state index in [-0.39, 0.29) is 0 Å². The van der Waals surface area contributed by atoms with Crippen LogP contribution in [0.5, 0.6) is 0 Å². The summed E-state index contributed by atoms with van der Waals surface area (Å²) in [6.45, 7) is 0. The molecule has 0 amide bonds. The summed E-state index contributed by atoms with van der Waals surface area (Å²) in [4.78, 5) is 0. The predicted molar refractivity (Wildman–Crippen MR) is 70.9 cm³/mol. The van der Waals surface area contributed by atoms with E-state index in [1.807, 2.05) is 17.9 Å². The van der Waals surface area contributed by atoms with Crippen molar-refractivity contribution in [1.82, 2.24) is 14.8 Å². The van der Waals surface area contributed by atoms with E-state index in [4.69, 9.17) is 0 Å². The molecule has 78 valence electrons. The lowest BCUT2D eigenvalue weighted by Gasteiger charge is -2.01. The number of aromatic nitrogens is 3. The van der Waals surface area contributed by atoms with Crippen LogP contribution in [0.1, 0.15) is 0 Å². The van der Waals surface area contributed by atoms with Crippen LogP contribution < -0.4 is 0 Å². The minimum absolute atomic E-state index is 0.913. The smallest absolute Gasteiger partial charge is 0.190 e. The number of halogens is 1. The van der Waals surface area contributed by atoms with E-state index >= 15 is 0 Å². The summed E-state index contributed by atoms with van der Waals surface area (Å²) in [5.41, 5.74) is 1.10. The van der Waals surface area contributed by atoms with Crippen molar-refractivity contribution >= 4 is 34.4 Å². The average molecular weight is 331 g/mol. The fourth-order valence-electron chi connectivity index (χ4n) is 1.34. The van der Waals surface area contributed by atoms with Gasteiger partial charge in [-0.2, -0.15) is 0 Å². The maximum atomic E-state index is 4.18. The highest BCUT2D eigenvalue weighted by atomic mass is 127. The predicted octanol–water partition coefficient (Wildman–Crippen LogP) is 2.81. The van der Waals surface area contributed by atoms with Crippen molar-refractivity contribution in [3.8, 4) is 11.4 Å². The average Bonchev–Trinajstić information content (AvgIpc) is 2.61. The summed E-state index contributed by atoms with van der Waals surface area (Å²) in [7, 11) is 1.99. The van der Waals surface area contributed by atoms with Gasteiger partial charge in [0.25, 0.3) is 0 Å². The van der Waals surface area contributed by atoms with Gasteiger partial charge in [-0.05, 0) is 41.0 Å². The van der Waals surface area contributed by atoms with Gasteiger partial charge in [0.2, 0.25) is 0 Å². The molecule has 1 aromatic heterocycles. The lowest BCUT2D eigenvalue weighted by Crippen LogP contribution is -1.94. The van der Waals surface area contributed by atoms with E-state index < -0.39 is 0 Å². The van der Waals surface area contributed by atoms with Crippen LogP contribution in [0.25, 0.3) is 11.4 Å². The van der Waals surface area contributed by atoms with Crippen LogP contribution >= 0.6 is 34.4 Å². The van der Waals surface area contributed by atoms with E-state index in [9.17, 15) is 0 Å². The Kier molecular flexibility index (Phi) is 3.30. The normalized spacial score (nSPS) is 10.6. The third kappa shape index (κ3) is 2.17. The quantitative estimate of drug-likeness (QED) is 0.626. The molecule has 0 fully saturated rings. The van der Waals surface area contributed by atoms with Crippen molar-refractivity contribution in [2.75, 3.05) is 6.26 Å². The Balaban J connectivity index is 2.45. The zero-order chi connectivity index (χ0) is 10.8. The van der Waals surface area contributed by atoms with E-state index in [1.54, 1.807) is 11.8 Å². The van der Waals surface area contributed by atoms with Crippen LogP contribution in [0.15, 0.2) is 29.4 Å². The molecule has 1 heterocycles. The van der Waals surface area contributed by atoms with Crippen molar-refractivity contribution in [3.63, 3.8) is 0 Å². The molecular weight excluding hydrogens is 321 g/mol. The van der Waals surface area contributed by atoms with Crippen LogP contribution in [0.3, 0.4) is 0 Å². The molecule has 0 aliphatic rings. The Hall–Kier alpha value is -0.560. The molecule has 0 aliphatic carbocycles. The fraction of sp³-hybridized carbons (Fsp3) is 0.200. The molecule has 15 heavy (non-hydrogen) atoms. The van der Waals surface area contributed by atoms with Gasteiger partial charge in [0, 0.05) is 16.2 Å². The first-order valence-corrected chi connectivity index (χ1v) is 6.72. The van der Waals surface area contributed by atoms with E-state index in [0.29, 0.717) is 0 Å². The molecule has 1 aromatic carbocycles. The monoisotopic (exact) mass is 331 g/mol. The number of hydrogen-bond donors (Lipinski definition) is 0. The zero-order valence-corrected chi connectivity index (χ0v) is 11.4. The van der Waals surface area contributed by atoms with Crippen molar-refractivity contribution in [3.05, 3.63) is 27.8 Å². The van der Waals surface area contributed by atoms with Crippen LogP contribution in [0.4, 0.5) is 0 Å². The maximum Gasteiger partial charge on any atom is 0.190 e. The van der Waals surface area contributed by atoms with Crippen molar-refractivity contribution in [1.29, 1.82) is 0 Å². The van der Waals surface area contributed by atoms with E-state index in [0.717, 1.165) is 16.5 Å². The molecule has 0 saturated carbocycles. The third-order valence-corrected chi connectivity index (χ3v) is 3.56. The second-order valence-electron chi connectivity index (χ2n) is 3.08. The van der Waals surface area contributed by atoms with Crippen LogP contribution in [0, 0.1) is 3.57 Å². The number of nitrogens with zero attached hydrogens (tertiary/aromatic N) is 3. The highest BCUT2D eigenvalue weighted by Gasteiger charge is 2.08. The molecule has 0 N–H and O–H groups in total. The van der Waals surface area contributed by atoms with Gasteiger partial charge < -0.3 is 4.57 Å². The Morgan fingerprint density at radius 1 is 1.20 bits per heavy atom. The van der Waals surface area contributed by atoms with Gasteiger partial charge in [-0.1, -0.05) is 23.9 Å². The maximum absolute atomic E-state index is 4.18. The number of thioether (sulfide) groups is 1. The first kappa shape index (κ1) is 10.9. The van der Waals surface area contributed by atoms with E-state index in [2.05, 4.69) is 57.1 Å². The molecule has 2 aromatic rings. The molecule has 0 spiro atoms. The summed E-state index contributed by atoms with van der Waals surface area (Å²) < 4.78 is 3.23. The Labute approximate surface area is 106 Å². The summed E-state index contributed by atoms with van der Waals surface area (Å²) in [5.74, 6) is 0.913. The van der Waals surface area contributed by atoms with Crippen LogP contribution in [0.2, 0.25) is 0 Å². The number of hydrogen-bond acceptors (Lipinski definition) is 3. The highest BCUT2D eigenvalue weighted by Crippen LogP contribution is 2.21. The standard InChI is InChI=1S/C10H10IN3S/c1-14-9(12-13-10(14)15-2)7-3-5-8(11)6-4-7/h3-6H,1-2H3. The first-order valence-electron chi connectivity index (χ1n) is 4.41. The van der Waals surface area contributed by atoms with Gasteiger partial charge >= 0.3 is 0 Å². The Bertz CT molecular complexity index is 464. The second-order valence-corrected chi connectivity index (χ2v) is 5.10. The van der Waals surface area contributed by atoms with Crippen LogP contribution in [-0.2, 0) is 7.05 Å². The highest BCUT2D eigenvalue weighted by molar-refractivity contribution is 14.1. The summed E-state index contributed by atoms with van der Waals surface area (Å²) in [6, 6.07) is 8.28. The Morgan fingerprint density at radius 2 is 1.87 bits per heavy atom. The van der Waals surface area contributed by atoms with Gasteiger partial charge in [-0.15, -0.1) is 10.2 Å². The molecular formula is C10H10IN3S. The zero-order valence-electron chi connectivity index (χ0n) is 8.44. The lowest BCUT2D eigenvalue weighted by atomic mass is 10.2. The van der Waals surface area contributed by atoms with Gasteiger partial charge in [-0.25, -0.2) is 0 Å². The molecule has 0 atom stereocenters. The molecule has 0 radical (unpaired) electrons. The van der Waals surface area contributed by atoms with Gasteiger partial charge in [0.05, 0.1) is 0 Å². The minimum atomic E-state index is 0.913. The van der Waals surface area contributed by atoms with Crippen molar-refractivity contribution in [2.45, 2.75) is 5.16 Å². The van der Waals surface area contributed by atoms with Crippen molar-refractivity contribution in [2.24, 2.45) is 7.05 Å². The third-order valence-electron chi connectivity index (χ3n) is 2.12. The second kappa shape index (κ2) is 4.52. The van der Waals surface area contributed by atoms with Gasteiger partial charge in [0.15, 0.2) is 11.0 Å². The van der Waals surface area contributed by atoms with E-state index in [1.165, 1.54) is 3.57 Å². The van der Waals surface area contributed by atoms with Gasteiger partial charge in [-0.3, -0.25) is 0 Å². The largest absolute Gasteiger partial charge is 0.305 e. The molecule has 3 nitrogen and oxygen atoms in total. The number of benzene rings is 1. The minimum Gasteiger partial charge on any atom is -0.305 e. The Morgan fingerprint density at radius 3 is 2.40 bits per heavy atom. The fourth-order valence-corrected chi connectivity index (χ4v) is 2.19. The SMILES string of the molecule is CSc1nnc(-c2ccc(I)cc2)n1C. The molecule has 0 unspecified atom stereocenters. The molecule has 2 rings (SSSR count). The first-order chi connectivity index (χ1) is 7.22.